The van der Waals surface area contributed by atoms with Gasteiger partial charge in [-0.3, -0.25) is 9.59 Å². The monoisotopic (exact) mass is 390 g/mol. The van der Waals surface area contributed by atoms with Crippen LogP contribution >= 0.6 is 11.3 Å². The van der Waals surface area contributed by atoms with Crippen molar-refractivity contribution >= 4 is 34.5 Å². The van der Waals surface area contributed by atoms with E-state index in [1.807, 2.05) is 0 Å². The van der Waals surface area contributed by atoms with Crippen molar-refractivity contribution in [3.05, 3.63) is 82.0 Å². The van der Waals surface area contributed by atoms with Gasteiger partial charge in [-0.25, -0.2) is 0 Å². The molecule has 0 bridgehead atoms. The molecule has 2 N–H and O–H groups in total. The van der Waals surface area contributed by atoms with E-state index in [0.717, 1.165) is 12.1 Å². The number of halogens is 3. The van der Waals surface area contributed by atoms with Gasteiger partial charge in [0, 0.05) is 16.9 Å². The van der Waals surface area contributed by atoms with Crippen LogP contribution in [0.4, 0.5) is 24.5 Å². The van der Waals surface area contributed by atoms with Crippen molar-refractivity contribution in [2.24, 2.45) is 0 Å². The SMILES string of the molecule is O=C(Nc1cccc(C(F)(F)F)c1)c1ccc(NC(=O)c2cccs2)cc1. The minimum Gasteiger partial charge on any atom is -0.322 e. The normalized spacial score (nSPS) is 11.1. The van der Waals surface area contributed by atoms with E-state index in [2.05, 4.69) is 10.6 Å². The molecule has 3 aromatic rings. The third-order valence-electron chi connectivity index (χ3n) is 3.60. The molecule has 0 saturated heterocycles. The number of thiophene rings is 1. The molecular weight excluding hydrogens is 377 g/mol. The number of hydrogen-bond acceptors (Lipinski definition) is 3. The number of rotatable bonds is 4. The molecule has 0 fully saturated rings. The Morgan fingerprint density at radius 3 is 2.15 bits per heavy atom. The van der Waals surface area contributed by atoms with Gasteiger partial charge >= 0.3 is 6.18 Å². The van der Waals surface area contributed by atoms with Gasteiger partial charge in [0.2, 0.25) is 0 Å². The van der Waals surface area contributed by atoms with E-state index in [9.17, 15) is 22.8 Å². The first-order valence-electron chi connectivity index (χ1n) is 7.76. The summed E-state index contributed by atoms with van der Waals surface area (Å²) in [6.45, 7) is 0. The van der Waals surface area contributed by atoms with Crippen LogP contribution in [0.1, 0.15) is 25.6 Å². The lowest BCUT2D eigenvalue weighted by Gasteiger charge is -2.10. The minimum atomic E-state index is -4.48. The van der Waals surface area contributed by atoms with Crippen LogP contribution in [-0.2, 0) is 6.18 Å². The highest BCUT2D eigenvalue weighted by Gasteiger charge is 2.30. The summed E-state index contributed by atoms with van der Waals surface area (Å²) in [6.07, 6.45) is -4.48. The fraction of sp³-hybridized carbons (Fsp3) is 0.0526. The Morgan fingerprint density at radius 2 is 1.52 bits per heavy atom. The lowest BCUT2D eigenvalue weighted by molar-refractivity contribution is -0.137. The molecule has 0 atom stereocenters. The molecule has 0 saturated carbocycles. The maximum Gasteiger partial charge on any atom is 0.416 e. The Hall–Kier alpha value is -3.13. The van der Waals surface area contributed by atoms with Crippen LogP contribution in [0.5, 0.6) is 0 Å². The second-order valence-corrected chi connectivity index (χ2v) is 6.49. The molecule has 2 aromatic carbocycles. The first-order valence-corrected chi connectivity index (χ1v) is 8.64. The van der Waals surface area contributed by atoms with Crippen molar-refractivity contribution in [1.82, 2.24) is 0 Å². The number of benzene rings is 2. The van der Waals surface area contributed by atoms with Crippen LogP contribution < -0.4 is 10.6 Å². The highest BCUT2D eigenvalue weighted by Crippen LogP contribution is 2.30. The third-order valence-corrected chi connectivity index (χ3v) is 4.47. The van der Waals surface area contributed by atoms with Crippen LogP contribution in [0.15, 0.2) is 66.0 Å². The number of carbonyl (C=O) groups is 2. The Bertz CT molecular complexity index is 952. The quantitative estimate of drug-likeness (QED) is 0.637. The number of nitrogens with one attached hydrogen (secondary N) is 2. The molecule has 2 amide bonds. The van der Waals surface area contributed by atoms with Crippen LogP contribution in [0.3, 0.4) is 0 Å². The molecule has 0 aliphatic rings. The lowest BCUT2D eigenvalue weighted by atomic mass is 10.1. The fourth-order valence-electron chi connectivity index (χ4n) is 2.28. The molecule has 0 spiro atoms. The summed E-state index contributed by atoms with van der Waals surface area (Å²) in [5.74, 6) is -0.809. The Balaban J connectivity index is 1.66. The van der Waals surface area contributed by atoms with Gasteiger partial charge in [-0.1, -0.05) is 12.1 Å². The molecule has 0 radical (unpaired) electrons. The van der Waals surface area contributed by atoms with E-state index >= 15 is 0 Å². The number of hydrogen-bond donors (Lipinski definition) is 2. The molecule has 138 valence electrons. The molecule has 1 aromatic heterocycles. The molecular formula is C19H13F3N2O2S. The van der Waals surface area contributed by atoms with Crippen LogP contribution in [0.25, 0.3) is 0 Å². The summed E-state index contributed by atoms with van der Waals surface area (Å²) in [5, 5.41) is 6.92. The predicted molar refractivity (Wildman–Crippen MR) is 98.1 cm³/mol. The zero-order valence-electron chi connectivity index (χ0n) is 13.7. The van der Waals surface area contributed by atoms with Crippen molar-refractivity contribution in [2.75, 3.05) is 10.6 Å². The molecule has 0 unspecified atom stereocenters. The smallest absolute Gasteiger partial charge is 0.322 e. The van der Waals surface area contributed by atoms with Gasteiger partial charge in [0.1, 0.15) is 0 Å². The first-order chi connectivity index (χ1) is 12.8. The van der Waals surface area contributed by atoms with Crippen molar-refractivity contribution in [2.45, 2.75) is 6.18 Å². The number of carbonyl (C=O) groups excluding carboxylic acids is 2. The topological polar surface area (TPSA) is 58.2 Å². The number of anilines is 2. The molecule has 27 heavy (non-hydrogen) atoms. The largest absolute Gasteiger partial charge is 0.416 e. The summed E-state index contributed by atoms with van der Waals surface area (Å²) in [6, 6.07) is 13.9. The van der Waals surface area contributed by atoms with Gasteiger partial charge in [-0.15, -0.1) is 11.3 Å². The van der Waals surface area contributed by atoms with E-state index in [0.29, 0.717) is 10.6 Å². The standard InChI is InChI=1S/C19H13F3N2O2S/c20-19(21,22)13-3-1-4-15(11-13)24-17(25)12-6-8-14(9-7-12)23-18(26)16-5-2-10-27-16/h1-11H,(H,23,26)(H,24,25). The van der Waals surface area contributed by atoms with Gasteiger partial charge in [-0.05, 0) is 53.9 Å². The maximum atomic E-state index is 12.7. The van der Waals surface area contributed by atoms with Crippen molar-refractivity contribution in [3.63, 3.8) is 0 Å². The first kappa shape index (κ1) is 18.7. The highest BCUT2D eigenvalue weighted by molar-refractivity contribution is 7.12. The maximum absolute atomic E-state index is 12.7. The Morgan fingerprint density at radius 1 is 0.815 bits per heavy atom. The van der Waals surface area contributed by atoms with Crippen LogP contribution in [0, 0.1) is 0 Å². The molecule has 0 aliphatic carbocycles. The minimum absolute atomic E-state index is 0.0462. The zero-order valence-corrected chi connectivity index (χ0v) is 14.5. The van der Waals surface area contributed by atoms with E-state index in [1.54, 1.807) is 29.6 Å². The van der Waals surface area contributed by atoms with Crippen LogP contribution in [0.2, 0.25) is 0 Å². The average molecular weight is 390 g/mol. The molecule has 3 rings (SSSR count). The third kappa shape index (κ3) is 4.73. The fourth-order valence-corrected chi connectivity index (χ4v) is 2.90. The Labute approximate surface area is 156 Å². The van der Waals surface area contributed by atoms with E-state index in [-0.39, 0.29) is 17.2 Å². The van der Waals surface area contributed by atoms with Crippen molar-refractivity contribution in [3.8, 4) is 0 Å². The summed E-state index contributed by atoms with van der Waals surface area (Å²) in [5.41, 5.74) is -0.0395. The van der Waals surface area contributed by atoms with Gasteiger partial charge in [0.05, 0.1) is 10.4 Å². The molecule has 8 heteroatoms. The number of amides is 2. The summed E-state index contributed by atoms with van der Waals surface area (Å²) < 4.78 is 38.2. The second kappa shape index (κ2) is 7.63. The van der Waals surface area contributed by atoms with E-state index in [4.69, 9.17) is 0 Å². The number of alkyl halides is 3. The van der Waals surface area contributed by atoms with Gasteiger partial charge < -0.3 is 10.6 Å². The Kier molecular flexibility index (Phi) is 5.27. The van der Waals surface area contributed by atoms with Gasteiger partial charge in [0.25, 0.3) is 11.8 Å². The van der Waals surface area contributed by atoms with E-state index in [1.165, 1.54) is 35.6 Å². The zero-order chi connectivity index (χ0) is 19.4. The predicted octanol–water partition coefficient (Wildman–Crippen LogP) is 5.27. The van der Waals surface area contributed by atoms with Gasteiger partial charge in [-0.2, -0.15) is 13.2 Å². The van der Waals surface area contributed by atoms with E-state index < -0.39 is 17.6 Å². The molecule has 1 heterocycles. The highest BCUT2D eigenvalue weighted by atomic mass is 32.1. The lowest BCUT2D eigenvalue weighted by Crippen LogP contribution is -2.14. The molecule has 4 nitrogen and oxygen atoms in total. The molecule has 0 aliphatic heterocycles. The van der Waals surface area contributed by atoms with Crippen molar-refractivity contribution in [1.29, 1.82) is 0 Å². The summed E-state index contributed by atoms with van der Waals surface area (Å²) in [4.78, 5) is 24.8. The van der Waals surface area contributed by atoms with Crippen LogP contribution in [-0.4, -0.2) is 11.8 Å². The second-order valence-electron chi connectivity index (χ2n) is 5.54. The van der Waals surface area contributed by atoms with Gasteiger partial charge in [0.15, 0.2) is 0 Å². The summed E-state index contributed by atoms with van der Waals surface area (Å²) >= 11 is 1.31. The summed E-state index contributed by atoms with van der Waals surface area (Å²) in [7, 11) is 0. The average Bonchev–Trinajstić information content (AvgIpc) is 3.16. The van der Waals surface area contributed by atoms with Crippen molar-refractivity contribution < 1.29 is 22.8 Å².